The number of ether oxygens (including phenoxy) is 3. The third-order valence-corrected chi connectivity index (χ3v) is 8.95. The van der Waals surface area contributed by atoms with Crippen molar-refractivity contribution in [1.82, 2.24) is 0 Å². The topological polar surface area (TPSA) is 51.2 Å². The summed E-state index contributed by atoms with van der Waals surface area (Å²) in [5.74, 6) is 2.84. The van der Waals surface area contributed by atoms with E-state index < -0.39 is 17.0 Å². The predicted octanol–water partition coefficient (Wildman–Crippen LogP) is 3.19. The molecule has 0 aromatic carbocycles. The minimum Gasteiger partial charge on any atom is -0.377 e. The fourth-order valence-electron chi connectivity index (χ4n) is 7.49. The molecule has 1 heterocycles. The first-order valence-corrected chi connectivity index (χ1v) is 10.1. The Morgan fingerprint density at radius 1 is 1.19 bits per heavy atom. The zero-order chi connectivity index (χ0) is 18.4. The summed E-state index contributed by atoms with van der Waals surface area (Å²) in [6, 6.07) is 0. The standard InChI is InChI=1S/C22H30O4/c1-5-19(23)13-9-16-15-7-14-20-10-6-11-21(24-3,25-4)22(20,26-20)17(15)8-12-18(16,19)2/h1,8,15-16,23H,6-7,9-14H2,2-4H3/t15-,16-,18-,19-,20?,22-/m0/s1. The van der Waals surface area contributed by atoms with Crippen molar-refractivity contribution in [3.8, 4) is 12.3 Å². The molecule has 0 radical (unpaired) electrons. The van der Waals surface area contributed by atoms with Crippen LogP contribution < -0.4 is 0 Å². The Labute approximate surface area is 156 Å². The van der Waals surface area contributed by atoms with E-state index in [1.165, 1.54) is 5.57 Å². The highest BCUT2D eigenvalue weighted by Crippen LogP contribution is 2.75. The average Bonchev–Trinajstić information content (AvgIpc) is 3.30. The van der Waals surface area contributed by atoms with E-state index in [1.54, 1.807) is 14.2 Å². The third kappa shape index (κ3) is 1.56. The summed E-state index contributed by atoms with van der Waals surface area (Å²) in [6.07, 6.45) is 15.7. The number of aliphatic hydroxyl groups is 1. The van der Waals surface area contributed by atoms with Crippen molar-refractivity contribution in [3.05, 3.63) is 11.6 Å². The first-order valence-electron chi connectivity index (χ1n) is 10.1. The Bertz CT molecular complexity index is 718. The zero-order valence-electron chi connectivity index (χ0n) is 16.1. The highest BCUT2D eigenvalue weighted by Gasteiger charge is 2.85. The fraction of sp³-hybridized carbons (Fsp3) is 0.818. The second kappa shape index (κ2) is 4.94. The summed E-state index contributed by atoms with van der Waals surface area (Å²) in [5.41, 5.74) is -0.436. The molecule has 4 heteroatoms. The highest BCUT2D eigenvalue weighted by atomic mass is 16.8. The van der Waals surface area contributed by atoms with Crippen LogP contribution in [-0.2, 0) is 14.2 Å². The fourth-order valence-corrected chi connectivity index (χ4v) is 7.49. The summed E-state index contributed by atoms with van der Waals surface area (Å²) >= 11 is 0. The van der Waals surface area contributed by atoms with E-state index >= 15 is 0 Å². The molecule has 1 aliphatic heterocycles. The maximum absolute atomic E-state index is 11.1. The third-order valence-electron chi connectivity index (χ3n) is 8.95. The summed E-state index contributed by atoms with van der Waals surface area (Å²) in [7, 11) is 3.50. The van der Waals surface area contributed by atoms with Gasteiger partial charge in [0.25, 0.3) is 0 Å². The minimum atomic E-state index is -0.998. The van der Waals surface area contributed by atoms with Crippen LogP contribution in [0, 0.1) is 29.6 Å². The number of rotatable bonds is 2. The van der Waals surface area contributed by atoms with Crippen LogP contribution in [-0.4, -0.2) is 41.9 Å². The molecule has 0 aromatic heterocycles. The lowest BCUT2D eigenvalue weighted by atomic mass is 9.52. The van der Waals surface area contributed by atoms with Crippen molar-refractivity contribution in [2.24, 2.45) is 17.3 Å². The first-order chi connectivity index (χ1) is 12.4. The van der Waals surface area contributed by atoms with Crippen LogP contribution in [0.3, 0.4) is 0 Å². The summed E-state index contributed by atoms with van der Waals surface area (Å²) in [4.78, 5) is 0. The van der Waals surface area contributed by atoms with Crippen molar-refractivity contribution >= 4 is 0 Å². The van der Waals surface area contributed by atoms with Gasteiger partial charge in [-0.15, -0.1) is 6.42 Å². The number of fused-ring (bicyclic) bond motifs is 3. The minimum absolute atomic E-state index is 0.117. The van der Waals surface area contributed by atoms with Crippen LogP contribution in [0.15, 0.2) is 11.6 Å². The number of allylic oxidation sites excluding steroid dienone is 1. The first kappa shape index (κ1) is 17.3. The summed E-state index contributed by atoms with van der Waals surface area (Å²) in [6.45, 7) is 2.19. The molecule has 0 bridgehead atoms. The van der Waals surface area contributed by atoms with Gasteiger partial charge in [-0.3, -0.25) is 0 Å². The number of epoxide rings is 1. The van der Waals surface area contributed by atoms with Crippen molar-refractivity contribution < 1.29 is 19.3 Å². The second-order valence-corrected chi connectivity index (χ2v) is 9.37. The molecule has 6 atom stereocenters. The Hall–Kier alpha value is -0.860. The van der Waals surface area contributed by atoms with Crippen molar-refractivity contribution in [3.63, 3.8) is 0 Å². The molecule has 142 valence electrons. The van der Waals surface area contributed by atoms with Crippen LogP contribution in [0.25, 0.3) is 0 Å². The van der Waals surface area contributed by atoms with Gasteiger partial charge < -0.3 is 19.3 Å². The number of methoxy groups -OCH3 is 2. The zero-order valence-corrected chi connectivity index (χ0v) is 16.1. The van der Waals surface area contributed by atoms with E-state index in [2.05, 4.69) is 18.9 Å². The van der Waals surface area contributed by atoms with E-state index in [1.807, 2.05) is 0 Å². The van der Waals surface area contributed by atoms with Crippen LogP contribution in [0.5, 0.6) is 0 Å². The molecule has 1 unspecified atom stereocenters. The lowest BCUT2D eigenvalue weighted by molar-refractivity contribution is -0.250. The lowest BCUT2D eigenvalue weighted by Gasteiger charge is -2.53. The van der Waals surface area contributed by atoms with Gasteiger partial charge in [0.2, 0.25) is 5.79 Å². The molecule has 0 spiro atoms. The monoisotopic (exact) mass is 358 g/mol. The van der Waals surface area contributed by atoms with Gasteiger partial charge in [-0.05, 0) is 62.4 Å². The summed E-state index contributed by atoms with van der Waals surface area (Å²) < 4.78 is 18.6. The van der Waals surface area contributed by atoms with Gasteiger partial charge in [0.05, 0.1) is 0 Å². The Balaban J connectivity index is 1.62. The Morgan fingerprint density at radius 2 is 1.96 bits per heavy atom. The van der Waals surface area contributed by atoms with E-state index in [0.717, 1.165) is 44.9 Å². The largest absolute Gasteiger partial charge is 0.377 e. The molecule has 4 fully saturated rings. The Morgan fingerprint density at radius 3 is 2.65 bits per heavy atom. The number of hydrogen-bond donors (Lipinski definition) is 1. The molecule has 0 aromatic rings. The van der Waals surface area contributed by atoms with Crippen molar-refractivity contribution in [2.45, 2.75) is 80.9 Å². The number of terminal acetylenes is 1. The smallest absolute Gasteiger partial charge is 0.204 e. The molecule has 26 heavy (non-hydrogen) atoms. The van der Waals surface area contributed by atoms with Gasteiger partial charge in [0.1, 0.15) is 11.2 Å². The molecule has 0 amide bonds. The van der Waals surface area contributed by atoms with Gasteiger partial charge in [-0.1, -0.05) is 18.9 Å². The van der Waals surface area contributed by atoms with Crippen LogP contribution in [0.2, 0.25) is 0 Å². The molecule has 4 nitrogen and oxygen atoms in total. The molecular weight excluding hydrogens is 328 g/mol. The quantitative estimate of drug-likeness (QED) is 0.356. The molecule has 1 N–H and O–H groups in total. The maximum Gasteiger partial charge on any atom is 0.204 e. The predicted molar refractivity (Wildman–Crippen MR) is 97.2 cm³/mol. The molecule has 3 saturated carbocycles. The van der Waals surface area contributed by atoms with E-state index in [-0.39, 0.29) is 11.0 Å². The van der Waals surface area contributed by atoms with Gasteiger partial charge in [-0.25, -0.2) is 0 Å². The average molecular weight is 358 g/mol. The van der Waals surface area contributed by atoms with Crippen molar-refractivity contribution in [2.75, 3.05) is 14.2 Å². The number of hydrogen-bond acceptors (Lipinski definition) is 4. The van der Waals surface area contributed by atoms with Gasteiger partial charge >= 0.3 is 0 Å². The van der Waals surface area contributed by atoms with Crippen molar-refractivity contribution in [1.29, 1.82) is 0 Å². The van der Waals surface area contributed by atoms with Gasteiger partial charge in [0.15, 0.2) is 5.60 Å². The van der Waals surface area contributed by atoms with E-state index in [4.69, 9.17) is 20.6 Å². The van der Waals surface area contributed by atoms with Crippen LogP contribution in [0.4, 0.5) is 0 Å². The molecule has 4 aliphatic carbocycles. The molecular formula is C22H30O4. The maximum atomic E-state index is 11.1. The van der Waals surface area contributed by atoms with E-state index in [9.17, 15) is 5.11 Å². The van der Waals surface area contributed by atoms with Gasteiger partial charge in [0, 0.05) is 26.1 Å². The Kier molecular flexibility index (Phi) is 3.28. The molecule has 1 saturated heterocycles. The highest BCUT2D eigenvalue weighted by molar-refractivity contribution is 5.47. The van der Waals surface area contributed by atoms with E-state index in [0.29, 0.717) is 18.3 Å². The molecule has 5 aliphatic rings. The SMILES string of the molecule is C#C[C@]1(O)CC[C@H]2[C@@H]3CCC45CCCC(OC)(OC)[C@]4(O5)C3=CC[C@@]21C. The summed E-state index contributed by atoms with van der Waals surface area (Å²) in [5, 5.41) is 11.1. The normalized spacial score (nSPS) is 53.4. The van der Waals surface area contributed by atoms with Gasteiger partial charge in [-0.2, -0.15) is 0 Å². The van der Waals surface area contributed by atoms with Crippen LogP contribution >= 0.6 is 0 Å². The lowest BCUT2D eigenvalue weighted by Crippen LogP contribution is -2.61. The second-order valence-electron chi connectivity index (χ2n) is 9.37. The van der Waals surface area contributed by atoms with Crippen LogP contribution in [0.1, 0.15) is 58.3 Å². The molecule has 5 rings (SSSR count).